The second-order valence-electron chi connectivity index (χ2n) is 18.5. The van der Waals surface area contributed by atoms with Gasteiger partial charge in [0.1, 0.15) is 0 Å². The molecule has 0 radical (unpaired) electrons. The third-order valence-electron chi connectivity index (χ3n) is 14.7. The van der Waals surface area contributed by atoms with Crippen molar-refractivity contribution in [1.29, 1.82) is 0 Å². The molecule has 0 N–H and O–H groups in total. The molecule has 0 spiro atoms. The number of hydrogen-bond donors (Lipinski definition) is 0. The Labute approximate surface area is 360 Å². The van der Waals surface area contributed by atoms with Crippen LogP contribution in [-0.4, -0.2) is 26.2 Å². The van der Waals surface area contributed by atoms with E-state index >= 15 is 0 Å². The van der Waals surface area contributed by atoms with E-state index in [0.717, 1.165) is 26.2 Å². The van der Waals surface area contributed by atoms with Crippen LogP contribution in [0.15, 0.2) is 158 Å². The van der Waals surface area contributed by atoms with Crippen LogP contribution in [0, 0.1) is 0 Å². The predicted octanol–water partition coefficient (Wildman–Crippen LogP) is 15.6. The summed E-state index contributed by atoms with van der Waals surface area (Å²) in [6, 6.07) is 60.9. The first-order valence-corrected chi connectivity index (χ1v) is 22.8. The Morgan fingerprint density at radius 1 is 0.344 bits per heavy atom. The first kappa shape index (κ1) is 36.5. The smallest absolute Gasteiger partial charge is 0.0372 e. The molecule has 2 aliphatic heterocycles. The number of fused-ring (bicyclic) bond motifs is 8. The molecule has 9 aromatic carbocycles. The zero-order valence-electron chi connectivity index (χ0n) is 35.5. The van der Waals surface area contributed by atoms with Crippen LogP contribution < -0.4 is 9.80 Å². The zero-order valence-corrected chi connectivity index (χ0v) is 35.5. The van der Waals surface area contributed by atoms with Crippen LogP contribution in [0.5, 0.6) is 0 Å². The SMILES string of the molecule is CC1(C)c2ccccc2-c2ccc(-c3c4ccc(N5CCCCC5)cc4c(-c4ccc(-c5cc6ccccc6c6ccccc56)cc4)c4ccc(N5CCCCC5)cc34)cc21. The normalized spacial score (nSPS) is 16.1. The van der Waals surface area contributed by atoms with Gasteiger partial charge in [0.05, 0.1) is 0 Å². The Bertz CT molecular complexity index is 3180. The van der Waals surface area contributed by atoms with E-state index in [1.54, 1.807) is 0 Å². The Hall–Kier alpha value is -6.38. The van der Waals surface area contributed by atoms with E-state index < -0.39 is 0 Å². The lowest BCUT2D eigenvalue weighted by Gasteiger charge is -2.30. The van der Waals surface area contributed by atoms with E-state index in [2.05, 4.69) is 181 Å². The van der Waals surface area contributed by atoms with Gasteiger partial charge in [0, 0.05) is 43.0 Å². The summed E-state index contributed by atoms with van der Waals surface area (Å²) in [7, 11) is 0. The van der Waals surface area contributed by atoms with Crippen molar-refractivity contribution in [1.82, 2.24) is 0 Å². The number of benzene rings is 9. The van der Waals surface area contributed by atoms with Gasteiger partial charge < -0.3 is 9.80 Å². The van der Waals surface area contributed by atoms with Crippen LogP contribution in [-0.2, 0) is 5.41 Å². The molecule has 1 aliphatic carbocycles. The molecule has 0 aromatic heterocycles. The summed E-state index contributed by atoms with van der Waals surface area (Å²) in [5.41, 5.74) is 16.0. The summed E-state index contributed by atoms with van der Waals surface area (Å²) in [5, 5.41) is 10.5. The van der Waals surface area contributed by atoms with Gasteiger partial charge in [-0.05, 0) is 174 Å². The predicted molar refractivity (Wildman–Crippen MR) is 262 cm³/mol. The monoisotopic (exact) mass is 788 g/mol. The van der Waals surface area contributed by atoms with Gasteiger partial charge in [-0.15, -0.1) is 0 Å². The summed E-state index contributed by atoms with van der Waals surface area (Å²) >= 11 is 0. The number of piperidine rings is 2. The molecule has 0 amide bonds. The highest BCUT2D eigenvalue weighted by molar-refractivity contribution is 6.23. The molecule has 61 heavy (non-hydrogen) atoms. The quantitative estimate of drug-likeness (QED) is 0.127. The van der Waals surface area contributed by atoms with Gasteiger partial charge in [-0.25, -0.2) is 0 Å². The average molecular weight is 789 g/mol. The highest BCUT2D eigenvalue weighted by Crippen LogP contribution is 2.52. The van der Waals surface area contributed by atoms with Crippen LogP contribution in [0.4, 0.5) is 11.4 Å². The number of anilines is 2. The third kappa shape index (κ3) is 5.90. The second kappa shape index (κ2) is 14.4. The van der Waals surface area contributed by atoms with Crippen molar-refractivity contribution in [3.8, 4) is 44.5 Å². The Morgan fingerprint density at radius 2 is 0.869 bits per heavy atom. The van der Waals surface area contributed by atoms with Gasteiger partial charge in [0.15, 0.2) is 0 Å². The van der Waals surface area contributed by atoms with Crippen LogP contribution in [0.2, 0.25) is 0 Å². The molecule has 3 aliphatic rings. The molecule has 0 atom stereocenters. The standard InChI is InChI=1S/C59H52N2/c1-59(2)55-20-10-9-19-48(55)49-28-25-42(36-56(49)59)58-51-30-27-43(60-31-11-3-12-32-60)37-53(51)57(50-29-26-44(38-54(50)58)61-33-13-4-14-34-61)40-23-21-39(22-24-40)52-35-41-15-5-6-16-45(41)46-17-7-8-18-47(46)52/h5-10,15-30,35-38H,3-4,11-14,31-34H2,1-2H3. The van der Waals surface area contributed by atoms with Gasteiger partial charge in [0.2, 0.25) is 0 Å². The van der Waals surface area contributed by atoms with E-state index in [0.29, 0.717) is 0 Å². The van der Waals surface area contributed by atoms with Crippen molar-refractivity contribution < 1.29 is 0 Å². The average Bonchev–Trinajstić information content (AvgIpc) is 3.55. The number of rotatable bonds is 5. The fourth-order valence-electron chi connectivity index (χ4n) is 11.5. The third-order valence-corrected chi connectivity index (χ3v) is 14.7. The van der Waals surface area contributed by atoms with Crippen molar-refractivity contribution in [2.45, 2.75) is 57.8 Å². The van der Waals surface area contributed by atoms with Crippen molar-refractivity contribution in [2.75, 3.05) is 36.0 Å². The van der Waals surface area contributed by atoms with Crippen molar-refractivity contribution >= 4 is 54.5 Å². The van der Waals surface area contributed by atoms with E-state index in [9.17, 15) is 0 Å². The summed E-state index contributed by atoms with van der Waals surface area (Å²) in [5.74, 6) is 0. The molecule has 2 heterocycles. The largest absolute Gasteiger partial charge is 0.372 e. The van der Waals surface area contributed by atoms with Crippen molar-refractivity contribution in [3.05, 3.63) is 169 Å². The molecule has 0 saturated carbocycles. The highest BCUT2D eigenvalue weighted by atomic mass is 15.1. The zero-order chi connectivity index (χ0) is 40.7. The maximum absolute atomic E-state index is 2.63. The fourth-order valence-corrected chi connectivity index (χ4v) is 11.5. The number of nitrogens with zero attached hydrogens (tertiary/aromatic N) is 2. The summed E-state index contributed by atoms with van der Waals surface area (Å²) in [6.45, 7) is 9.30. The lowest BCUT2D eigenvalue weighted by molar-refractivity contribution is 0.578. The first-order valence-electron chi connectivity index (χ1n) is 22.8. The Balaban J connectivity index is 1.11. The molecule has 2 nitrogen and oxygen atoms in total. The molecular weight excluding hydrogens is 737 g/mol. The molecule has 0 bridgehead atoms. The van der Waals surface area contributed by atoms with Gasteiger partial charge >= 0.3 is 0 Å². The first-order chi connectivity index (χ1) is 30.0. The van der Waals surface area contributed by atoms with Crippen LogP contribution in [0.25, 0.3) is 87.6 Å². The highest BCUT2D eigenvalue weighted by Gasteiger charge is 2.35. The minimum Gasteiger partial charge on any atom is -0.372 e. The van der Waals surface area contributed by atoms with E-state index in [-0.39, 0.29) is 5.41 Å². The second-order valence-corrected chi connectivity index (χ2v) is 18.5. The van der Waals surface area contributed by atoms with Crippen molar-refractivity contribution in [2.24, 2.45) is 0 Å². The lowest BCUT2D eigenvalue weighted by Crippen LogP contribution is -2.29. The maximum Gasteiger partial charge on any atom is 0.0372 e. The van der Waals surface area contributed by atoms with Gasteiger partial charge in [-0.1, -0.05) is 135 Å². The molecule has 2 saturated heterocycles. The van der Waals surface area contributed by atoms with Gasteiger partial charge in [-0.3, -0.25) is 0 Å². The summed E-state index contributed by atoms with van der Waals surface area (Å²) in [4.78, 5) is 5.25. The molecule has 2 heteroatoms. The molecule has 2 fully saturated rings. The fraction of sp³-hybridized carbons (Fsp3) is 0.220. The van der Waals surface area contributed by atoms with E-state index in [1.165, 1.54) is 149 Å². The minimum absolute atomic E-state index is 0.0774. The maximum atomic E-state index is 2.63. The Kier molecular flexibility index (Phi) is 8.60. The molecule has 12 rings (SSSR count). The summed E-state index contributed by atoms with van der Waals surface area (Å²) in [6.07, 6.45) is 7.66. The summed E-state index contributed by atoms with van der Waals surface area (Å²) < 4.78 is 0. The van der Waals surface area contributed by atoms with Crippen LogP contribution in [0.3, 0.4) is 0 Å². The molecule has 0 unspecified atom stereocenters. The van der Waals surface area contributed by atoms with Crippen molar-refractivity contribution in [3.63, 3.8) is 0 Å². The lowest BCUT2D eigenvalue weighted by atomic mass is 9.80. The molecule has 298 valence electrons. The van der Waals surface area contributed by atoms with Gasteiger partial charge in [-0.2, -0.15) is 0 Å². The molecule has 9 aromatic rings. The van der Waals surface area contributed by atoms with E-state index in [4.69, 9.17) is 0 Å². The van der Waals surface area contributed by atoms with Gasteiger partial charge in [0.25, 0.3) is 0 Å². The van der Waals surface area contributed by atoms with Crippen LogP contribution >= 0.6 is 0 Å². The number of hydrogen-bond acceptors (Lipinski definition) is 2. The topological polar surface area (TPSA) is 6.48 Å². The van der Waals surface area contributed by atoms with E-state index in [1.807, 2.05) is 0 Å². The minimum atomic E-state index is -0.0774. The molecular formula is C59H52N2. The Morgan fingerprint density at radius 3 is 1.54 bits per heavy atom. The van der Waals surface area contributed by atoms with Crippen LogP contribution in [0.1, 0.15) is 63.5 Å².